The van der Waals surface area contributed by atoms with E-state index in [-0.39, 0.29) is 11.6 Å². The van der Waals surface area contributed by atoms with Crippen molar-refractivity contribution in [2.24, 2.45) is 0 Å². The lowest BCUT2D eigenvalue weighted by Crippen LogP contribution is -1.96. The summed E-state index contributed by atoms with van der Waals surface area (Å²) in [7, 11) is 0. The minimum atomic E-state index is -0.418. The number of nitrogens with one attached hydrogen (secondary N) is 1. The predicted molar refractivity (Wildman–Crippen MR) is 74.9 cm³/mol. The van der Waals surface area contributed by atoms with Crippen molar-refractivity contribution in [2.45, 2.75) is 6.42 Å². The first-order valence-electron chi connectivity index (χ1n) is 6.38. The number of aromatic nitrogens is 5. The molecule has 0 saturated heterocycles. The molecule has 0 aromatic carbocycles. The maximum Gasteiger partial charge on any atom is 0.239 e. The second-order valence-corrected chi connectivity index (χ2v) is 4.43. The third kappa shape index (κ3) is 3.06. The molecule has 0 aliphatic heterocycles. The number of H-pyrrole nitrogens is 1. The predicted octanol–water partition coefficient (Wildman–Crippen LogP) is 1.56. The zero-order valence-electron chi connectivity index (χ0n) is 11.3. The molecule has 3 aromatic heterocycles. The molecular formula is C14H11N5O3. The topological polar surface area (TPSA) is 118 Å². The lowest BCUT2D eigenvalue weighted by Gasteiger charge is -1.95. The number of rotatable bonds is 5. The van der Waals surface area contributed by atoms with Crippen molar-refractivity contribution in [1.29, 1.82) is 0 Å². The SMILES string of the molecule is O=C(C=C(O)c1nn[nH]n1)c1coc(Cc2ccccn2)c1. The van der Waals surface area contributed by atoms with Crippen molar-refractivity contribution in [3.63, 3.8) is 0 Å². The fraction of sp³-hybridized carbons (Fsp3) is 0.0714. The van der Waals surface area contributed by atoms with Crippen LogP contribution in [0.3, 0.4) is 0 Å². The van der Waals surface area contributed by atoms with Crippen LogP contribution in [-0.2, 0) is 6.42 Å². The van der Waals surface area contributed by atoms with E-state index in [0.717, 1.165) is 11.8 Å². The normalized spacial score (nSPS) is 11.5. The van der Waals surface area contributed by atoms with Crippen LogP contribution in [0.2, 0.25) is 0 Å². The van der Waals surface area contributed by atoms with Crippen LogP contribution >= 0.6 is 0 Å². The molecule has 0 fully saturated rings. The monoisotopic (exact) mass is 297 g/mol. The molecular weight excluding hydrogens is 286 g/mol. The number of allylic oxidation sites excluding steroid dienone is 1. The summed E-state index contributed by atoms with van der Waals surface area (Å²) in [5.41, 5.74) is 1.15. The maximum atomic E-state index is 12.0. The Morgan fingerprint density at radius 1 is 1.41 bits per heavy atom. The van der Waals surface area contributed by atoms with Crippen LogP contribution in [0.1, 0.15) is 27.6 Å². The standard InChI is InChI=1S/C14H11N5O3/c20-12(7-13(21)14-16-18-19-17-14)9-5-11(22-8-9)6-10-3-1-2-4-15-10/h1-5,7-8,21H,6H2,(H,16,17,18,19). The van der Waals surface area contributed by atoms with Crippen LogP contribution in [0.15, 0.2) is 47.2 Å². The third-order valence-corrected chi connectivity index (χ3v) is 2.86. The van der Waals surface area contributed by atoms with Gasteiger partial charge in [0.15, 0.2) is 11.5 Å². The van der Waals surface area contributed by atoms with E-state index < -0.39 is 5.78 Å². The van der Waals surface area contributed by atoms with Gasteiger partial charge in [0.1, 0.15) is 12.0 Å². The van der Waals surface area contributed by atoms with Gasteiger partial charge in [0.2, 0.25) is 5.82 Å². The van der Waals surface area contributed by atoms with Gasteiger partial charge in [0.05, 0.1) is 5.56 Å². The summed E-state index contributed by atoms with van der Waals surface area (Å²) in [5, 5.41) is 22.3. The second-order valence-electron chi connectivity index (χ2n) is 4.43. The van der Waals surface area contributed by atoms with Crippen LogP contribution < -0.4 is 0 Å². The maximum absolute atomic E-state index is 12.0. The lowest BCUT2D eigenvalue weighted by atomic mass is 10.1. The molecule has 0 amide bonds. The molecule has 0 spiro atoms. The van der Waals surface area contributed by atoms with E-state index in [1.54, 1.807) is 12.3 Å². The van der Waals surface area contributed by atoms with Gasteiger partial charge in [0, 0.05) is 24.4 Å². The number of aliphatic hydroxyl groups excluding tert-OH is 1. The number of carbonyl (C=O) groups excluding carboxylic acids is 1. The molecule has 3 rings (SSSR count). The van der Waals surface area contributed by atoms with Gasteiger partial charge in [-0.2, -0.15) is 5.21 Å². The molecule has 3 heterocycles. The summed E-state index contributed by atoms with van der Waals surface area (Å²) >= 11 is 0. The molecule has 110 valence electrons. The van der Waals surface area contributed by atoms with Crippen molar-refractivity contribution < 1.29 is 14.3 Å². The number of aromatic amines is 1. The molecule has 8 nitrogen and oxygen atoms in total. The fourth-order valence-corrected chi connectivity index (χ4v) is 1.83. The highest BCUT2D eigenvalue weighted by atomic mass is 16.3. The van der Waals surface area contributed by atoms with E-state index in [1.807, 2.05) is 18.2 Å². The molecule has 0 aliphatic carbocycles. The quantitative estimate of drug-likeness (QED) is 0.417. The van der Waals surface area contributed by atoms with Gasteiger partial charge in [-0.25, -0.2) is 0 Å². The average Bonchev–Trinajstić information content (AvgIpc) is 3.19. The van der Waals surface area contributed by atoms with Crippen LogP contribution in [0.4, 0.5) is 0 Å². The zero-order valence-corrected chi connectivity index (χ0v) is 11.3. The number of pyridine rings is 1. The summed E-state index contributed by atoms with van der Waals surface area (Å²) in [5.74, 6) is -0.232. The van der Waals surface area contributed by atoms with Gasteiger partial charge < -0.3 is 9.52 Å². The van der Waals surface area contributed by atoms with Gasteiger partial charge in [-0.3, -0.25) is 9.78 Å². The summed E-state index contributed by atoms with van der Waals surface area (Å²) in [6.07, 6.45) is 4.52. The number of furan rings is 1. The van der Waals surface area contributed by atoms with Crippen LogP contribution in [0.5, 0.6) is 0 Å². The molecule has 0 bridgehead atoms. The first kappa shape index (κ1) is 13.7. The van der Waals surface area contributed by atoms with E-state index in [1.165, 1.54) is 6.26 Å². The average molecular weight is 297 g/mol. The molecule has 22 heavy (non-hydrogen) atoms. The van der Waals surface area contributed by atoms with Gasteiger partial charge in [-0.15, -0.1) is 10.2 Å². The molecule has 8 heteroatoms. The third-order valence-electron chi connectivity index (χ3n) is 2.86. The Bertz CT molecular complexity index is 793. The molecule has 0 saturated carbocycles. The Labute approximate surface area is 124 Å². The highest BCUT2D eigenvalue weighted by Crippen LogP contribution is 2.14. The summed E-state index contributed by atoms with van der Waals surface area (Å²) in [6.45, 7) is 0. The first-order valence-corrected chi connectivity index (χ1v) is 6.38. The highest BCUT2D eigenvalue weighted by Gasteiger charge is 2.12. The molecule has 3 aromatic rings. The van der Waals surface area contributed by atoms with Crippen molar-refractivity contribution in [3.05, 3.63) is 65.6 Å². The van der Waals surface area contributed by atoms with E-state index in [0.29, 0.717) is 17.7 Å². The van der Waals surface area contributed by atoms with E-state index in [2.05, 4.69) is 25.6 Å². The van der Waals surface area contributed by atoms with E-state index >= 15 is 0 Å². The van der Waals surface area contributed by atoms with Crippen LogP contribution in [0, 0.1) is 0 Å². The van der Waals surface area contributed by atoms with Crippen molar-refractivity contribution >= 4 is 11.5 Å². The Hall–Kier alpha value is -3.29. The smallest absolute Gasteiger partial charge is 0.239 e. The molecule has 2 N–H and O–H groups in total. The van der Waals surface area contributed by atoms with Crippen LogP contribution in [-0.4, -0.2) is 36.5 Å². The fourth-order valence-electron chi connectivity index (χ4n) is 1.83. The van der Waals surface area contributed by atoms with E-state index in [9.17, 15) is 9.90 Å². The summed E-state index contributed by atoms with van der Waals surface area (Å²) in [4.78, 5) is 16.2. The number of hydrogen-bond donors (Lipinski definition) is 2. The summed E-state index contributed by atoms with van der Waals surface area (Å²) in [6, 6.07) is 7.18. The van der Waals surface area contributed by atoms with Crippen molar-refractivity contribution in [3.8, 4) is 0 Å². The molecule has 0 aliphatic rings. The Balaban J connectivity index is 1.73. The molecule has 0 atom stereocenters. The number of nitrogens with zero attached hydrogens (tertiary/aromatic N) is 4. The van der Waals surface area contributed by atoms with Crippen molar-refractivity contribution in [1.82, 2.24) is 25.6 Å². The number of tetrazole rings is 1. The minimum absolute atomic E-state index is 0.0504. The number of ketones is 1. The zero-order chi connectivity index (χ0) is 15.4. The van der Waals surface area contributed by atoms with Crippen LogP contribution in [0.25, 0.3) is 5.76 Å². The first-order chi connectivity index (χ1) is 10.7. The highest BCUT2D eigenvalue weighted by molar-refractivity contribution is 6.07. The number of hydrogen-bond acceptors (Lipinski definition) is 7. The summed E-state index contributed by atoms with van der Waals surface area (Å²) < 4.78 is 5.34. The van der Waals surface area contributed by atoms with Gasteiger partial charge in [-0.05, 0) is 23.4 Å². The Kier molecular flexibility index (Phi) is 3.73. The lowest BCUT2D eigenvalue weighted by molar-refractivity contribution is 0.104. The van der Waals surface area contributed by atoms with Crippen molar-refractivity contribution in [2.75, 3.05) is 0 Å². The van der Waals surface area contributed by atoms with Gasteiger partial charge in [-0.1, -0.05) is 6.07 Å². The second kappa shape index (κ2) is 6.00. The van der Waals surface area contributed by atoms with E-state index in [4.69, 9.17) is 4.42 Å². The number of aliphatic hydroxyl groups is 1. The molecule has 0 unspecified atom stereocenters. The van der Waals surface area contributed by atoms with Gasteiger partial charge in [0.25, 0.3) is 0 Å². The largest absolute Gasteiger partial charge is 0.504 e. The Morgan fingerprint density at radius 3 is 3.05 bits per heavy atom. The minimum Gasteiger partial charge on any atom is -0.504 e. The Morgan fingerprint density at radius 2 is 2.32 bits per heavy atom. The van der Waals surface area contributed by atoms with Gasteiger partial charge >= 0.3 is 0 Å². The number of carbonyl (C=O) groups is 1. The molecule has 0 radical (unpaired) electrons.